The van der Waals surface area contributed by atoms with Crippen molar-refractivity contribution >= 4 is 29.1 Å². The van der Waals surface area contributed by atoms with Crippen LogP contribution in [0.25, 0.3) is 0 Å². The molecule has 1 aromatic rings. The summed E-state index contributed by atoms with van der Waals surface area (Å²) in [5, 5.41) is 0.695. The third kappa shape index (κ3) is 3.90. The first-order chi connectivity index (χ1) is 7.93. The van der Waals surface area contributed by atoms with Gasteiger partial charge >= 0.3 is 0 Å². The fraction of sp³-hybridized carbons (Fsp3) is 0.462. The molecule has 94 valence electrons. The summed E-state index contributed by atoms with van der Waals surface area (Å²) in [7, 11) is 1.78. The lowest BCUT2D eigenvalue weighted by Gasteiger charge is -2.19. The van der Waals surface area contributed by atoms with Crippen molar-refractivity contribution < 1.29 is 4.79 Å². The van der Waals surface area contributed by atoms with Crippen molar-refractivity contribution in [2.75, 3.05) is 13.6 Å². The molecule has 17 heavy (non-hydrogen) atoms. The first-order valence-corrected chi connectivity index (χ1v) is 6.39. The zero-order chi connectivity index (χ0) is 13.0. The second-order valence-corrected chi connectivity index (χ2v) is 5.36. The molecular weight excluding hydrogens is 257 g/mol. The van der Waals surface area contributed by atoms with Gasteiger partial charge in [0.2, 0.25) is 0 Å². The predicted molar refractivity (Wildman–Crippen MR) is 73.1 cm³/mol. The largest absolute Gasteiger partial charge is 0.342 e. The van der Waals surface area contributed by atoms with Gasteiger partial charge < -0.3 is 4.90 Å². The van der Waals surface area contributed by atoms with Gasteiger partial charge in [-0.15, -0.1) is 11.6 Å². The molecule has 0 heterocycles. The van der Waals surface area contributed by atoms with Crippen LogP contribution in [0.15, 0.2) is 18.2 Å². The molecule has 0 N–H and O–H groups in total. The highest BCUT2D eigenvalue weighted by Gasteiger charge is 2.15. The summed E-state index contributed by atoms with van der Waals surface area (Å²) in [6.45, 7) is 4.42. The molecule has 0 aliphatic heterocycles. The molecule has 0 aliphatic carbocycles. The number of carbonyl (C=O) groups excluding carboxylic acids is 1. The minimum absolute atomic E-state index is 0.0117. The van der Waals surface area contributed by atoms with Gasteiger partial charge in [0.1, 0.15) is 0 Å². The summed E-state index contributed by atoms with van der Waals surface area (Å²) in [6, 6.07) is 5.37. The van der Waals surface area contributed by atoms with Crippen molar-refractivity contribution in [3.8, 4) is 0 Å². The highest BCUT2D eigenvalue weighted by molar-refractivity contribution is 6.31. The molecule has 1 rings (SSSR count). The second kappa shape index (κ2) is 6.27. The Morgan fingerprint density at radius 3 is 2.71 bits per heavy atom. The minimum Gasteiger partial charge on any atom is -0.342 e. The SMILES string of the molecule is Cc1c(Cl)cccc1C(=O)N(C)CCC(C)Cl. The van der Waals surface area contributed by atoms with Crippen molar-refractivity contribution in [2.24, 2.45) is 0 Å². The maximum Gasteiger partial charge on any atom is 0.253 e. The van der Waals surface area contributed by atoms with E-state index in [0.29, 0.717) is 17.1 Å². The summed E-state index contributed by atoms with van der Waals surface area (Å²) in [5.41, 5.74) is 1.48. The number of amides is 1. The number of alkyl halides is 1. The molecule has 1 aromatic carbocycles. The van der Waals surface area contributed by atoms with Crippen LogP contribution in [0.4, 0.5) is 0 Å². The van der Waals surface area contributed by atoms with E-state index in [1.54, 1.807) is 30.1 Å². The van der Waals surface area contributed by atoms with Gasteiger partial charge in [-0.05, 0) is 38.0 Å². The third-order valence-electron chi connectivity index (χ3n) is 2.71. The first-order valence-electron chi connectivity index (χ1n) is 5.58. The van der Waals surface area contributed by atoms with Gasteiger partial charge in [-0.3, -0.25) is 4.79 Å². The monoisotopic (exact) mass is 273 g/mol. The molecule has 2 nitrogen and oxygen atoms in total. The number of carbonyl (C=O) groups is 1. The van der Waals surface area contributed by atoms with Crippen LogP contribution in [0.1, 0.15) is 29.3 Å². The molecule has 1 unspecified atom stereocenters. The van der Waals surface area contributed by atoms with E-state index in [9.17, 15) is 4.79 Å². The molecule has 0 saturated carbocycles. The van der Waals surface area contributed by atoms with Crippen molar-refractivity contribution in [3.05, 3.63) is 34.3 Å². The van der Waals surface area contributed by atoms with Crippen LogP contribution in [0.2, 0.25) is 5.02 Å². The van der Waals surface area contributed by atoms with Gasteiger partial charge in [-0.25, -0.2) is 0 Å². The van der Waals surface area contributed by atoms with Gasteiger partial charge in [0.25, 0.3) is 5.91 Å². The van der Waals surface area contributed by atoms with Crippen molar-refractivity contribution in [1.82, 2.24) is 4.90 Å². The molecule has 0 spiro atoms. The summed E-state index contributed by atoms with van der Waals surface area (Å²) in [6.07, 6.45) is 0.781. The molecule has 1 atom stereocenters. The van der Waals surface area contributed by atoms with Gasteiger partial charge in [0, 0.05) is 29.6 Å². The summed E-state index contributed by atoms with van der Waals surface area (Å²) >= 11 is 11.9. The zero-order valence-corrected chi connectivity index (χ0v) is 11.8. The molecule has 0 bridgehead atoms. The molecule has 4 heteroatoms. The van der Waals surface area contributed by atoms with Crippen LogP contribution in [0, 0.1) is 6.92 Å². The Morgan fingerprint density at radius 2 is 2.12 bits per heavy atom. The van der Waals surface area contributed by atoms with E-state index < -0.39 is 0 Å². The Morgan fingerprint density at radius 1 is 1.47 bits per heavy atom. The van der Waals surface area contributed by atoms with Crippen molar-refractivity contribution in [1.29, 1.82) is 0 Å². The van der Waals surface area contributed by atoms with Crippen LogP contribution in [0.5, 0.6) is 0 Å². The summed E-state index contributed by atoms with van der Waals surface area (Å²) in [5.74, 6) is -0.0117. The van der Waals surface area contributed by atoms with E-state index in [2.05, 4.69) is 0 Å². The van der Waals surface area contributed by atoms with Gasteiger partial charge in [-0.2, -0.15) is 0 Å². The number of nitrogens with zero attached hydrogens (tertiary/aromatic N) is 1. The van der Waals surface area contributed by atoms with E-state index in [-0.39, 0.29) is 11.3 Å². The van der Waals surface area contributed by atoms with Crippen molar-refractivity contribution in [2.45, 2.75) is 25.6 Å². The van der Waals surface area contributed by atoms with E-state index >= 15 is 0 Å². The van der Waals surface area contributed by atoms with Crippen LogP contribution < -0.4 is 0 Å². The molecule has 0 aromatic heterocycles. The third-order valence-corrected chi connectivity index (χ3v) is 3.33. The summed E-state index contributed by atoms with van der Waals surface area (Å²) in [4.78, 5) is 13.8. The highest BCUT2D eigenvalue weighted by Crippen LogP contribution is 2.20. The van der Waals surface area contributed by atoms with Gasteiger partial charge in [0.15, 0.2) is 0 Å². The Hall–Kier alpha value is -0.730. The number of hydrogen-bond donors (Lipinski definition) is 0. The quantitative estimate of drug-likeness (QED) is 0.766. The Kier molecular flexibility index (Phi) is 5.29. The smallest absolute Gasteiger partial charge is 0.253 e. The van der Waals surface area contributed by atoms with Crippen LogP contribution in [-0.2, 0) is 0 Å². The lowest BCUT2D eigenvalue weighted by molar-refractivity contribution is 0.0793. The predicted octanol–water partition coefficient (Wildman–Crippen LogP) is 3.74. The number of hydrogen-bond acceptors (Lipinski definition) is 1. The Balaban J connectivity index is 2.78. The zero-order valence-electron chi connectivity index (χ0n) is 10.3. The molecule has 0 saturated heterocycles. The highest BCUT2D eigenvalue weighted by atomic mass is 35.5. The normalized spacial score (nSPS) is 12.3. The van der Waals surface area contributed by atoms with Crippen LogP contribution >= 0.6 is 23.2 Å². The lowest BCUT2D eigenvalue weighted by Crippen LogP contribution is -2.29. The molecular formula is C13H17Cl2NO. The summed E-state index contributed by atoms with van der Waals surface area (Å²) < 4.78 is 0. The standard InChI is InChI=1S/C13H17Cl2NO/c1-9(14)7-8-16(3)13(17)11-5-4-6-12(15)10(11)2/h4-6,9H,7-8H2,1-3H3. The average molecular weight is 274 g/mol. The fourth-order valence-corrected chi connectivity index (χ4v) is 1.79. The number of halogens is 2. The van der Waals surface area contributed by atoms with E-state index in [4.69, 9.17) is 23.2 Å². The van der Waals surface area contributed by atoms with Crippen LogP contribution in [-0.4, -0.2) is 29.8 Å². The maximum atomic E-state index is 12.2. The van der Waals surface area contributed by atoms with Crippen LogP contribution in [0.3, 0.4) is 0 Å². The second-order valence-electron chi connectivity index (χ2n) is 4.21. The van der Waals surface area contributed by atoms with Gasteiger partial charge in [0.05, 0.1) is 0 Å². The molecule has 0 fully saturated rings. The average Bonchev–Trinajstić information content (AvgIpc) is 2.28. The molecule has 0 radical (unpaired) electrons. The topological polar surface area (TPSA) is 20.3 Å². The first kappa shape index (κ1) is 14.3. The fourth-order valence-electron chi connectivity index (χ4n) is 1.52. The Bertz CT molecular complexity index is 404. The van der Waals surface area contributed by atoms with E-state index in [0.717, 1.165) is 12.0 Å². The number of benzene rings is 1. The lowest BCUT2D eigenvalue weighted by atomic mass is 10.1. The maximum absolute atomic E-state index is 12.2. The van der Waals surface area contributed by atoms with Gasteiger partial charge in [-0.1, -0.05) is 17.7 Å². The van der Waals surface area contributed by atoms with E-state index in [1.165, 1.54) is 0 Å². The minimum atomic E-state index is -0.0117. The number of rotatable bonds is 4. The van der Waals surface area contributed by atoms with E-state index in [1.807, 2.05) is 13.8 Å². The molecule has 1 amide bonds. The Labute approximate surface area is 113 Å². The molecule has 0 aliphatic rings. The van der Waals surface area contributed by atoms with Crippen molar-refractivity contribution in [3.63, 3.8) is 0 Å².